The van der Waals surface area contributed by atoms with Crippen LogP contribution in [0.1, 0.15) is 43.0 Å². The minimum absolute atomic E-state index is 0.0561. The van der Waals surface area contributed by atoms with Gasteiger partial charge in [-0.15, -0.1) is 0 Å². The van der Waals surface area contributed by atoms with Gasteiger partial charge < -0.3 is 10.6 Å². The number of anilines is 1. The molecule has 2 aliphatic rings. The third-order valence-electron chi connectivity index (χ3n) is 4.02. The number of carbonyl (C=O) groups excluding carboxylic acids is 1. The molecule has 0 aromatic heterocycles. The van der Waals surface area contributed by atoms with E-state index >= 15 is 0 Å². The molecule has 20 heavy (non-hydrogen) atoms. The lowest BCUT2D eigenvalue weighted by Crippen LogP contribution is -2.32. The maximum absolute atomic E-state index is 11.9. The Morgan fingerprint density at radius 3 is 2.60 bits per heavy atom. The molecule has 2 N–H and O–H groups in total. The lowest BCUT2D eigenvalue weighted by molar-refractivity contribution is 0.0951. The van der Waals surface area contributed by atoms with Gasteiger partial charge in [0.15, 0.2) is 0 Å². The summed E-state index contributed by atoms with van der Waals surface area (Å²) in [4.78, 5) is 11.9. The fourth-order valence-electron chi connectivity index (χ4n) is 2.54. The number of amides is 1. The summed E-state index contributed by atoms with van der Waals surface area (Å²) in [7, 11) is 0. The summed E-state index contributed by atoms with van der Waals surface area (Å²) in [5.74, 6) is 1.33. The van der Waals surface area contributed by atoms with Crippen molar-refractivity contribution >= 4 is 23.4 Å². The van der Waals surface area contributed by atoms with Crippen molar-refractivity contribution in [1.82, 2.24) is 5.32 Å². The Morgan fingerprint density at radius 1 is 1.20 bits per heavy atom. The van der Waals surface area contributed by atoms with Crippen molar-refractivity contribution in [2.24, 2.45) is 0 Å². The smallest absolute Gasteiger partial charge is 0.251 e. The van der Waals surface area contributed by atoms with E-state index < -0.39 is 0 Å². The molecule has 1 aromatic carbocycles. The van der Waals surface area contributed by atoms with Crippen molar-refractivity contribution in [2.45, 2.75) is 49.9 Å². The summed E-state index contributed by atoms with van der Waals surface area (Å²) in [5, 5.41) is 7.27. The van der Waals surface area contributed by atoms with E-state index in [1.807, 2.05) is 36.0 Å². The lowest BCUT2D eigenvalue weighted by atomic mass is 10.1. The van der Waals surface area contributed by atoms with Crippen LogP contribution >= 0.6 is 11.8 Å². The van der Waals surface area contributed by atoms with E-state index in [4.69, 9.17) is 0 Å². The van der Waals surface area contributed by atoms with Gasteiger partial charge in [-0.2, -0.15) is 11.8 Å². The molecule has 1 amide bonds. The second-order valence-electron chi connectivity index (χ2n) is 5.79. The quantitative estimate of drug-likeness (QED) is 0.894. The first-order chi connectivity index (χ1) is 9.72. The highest BCUT2D eigenvalue weighted by molar-refractivity contribution is 8.00. The molecule has 3 rings (SSSR count). The molecule has 1 aliphatic carbocycles. The minimum atomic E-state index is 0.0561. The van der Waals surface area contributed by atoms with Crippen molar-refractivity contribution in [1.29, 1.82) is 0 Å². The van der Waals surface area contributed by atoms with Crippen LogP contribution in [0.15, 0.2) is 24.3 Å². The number of benzene rings is 1. The molecule has 1 aliphatic heterocycles. The van der Waals surface area contributed by atoms with Gasteiger partial charge in [0, 0.05) is 28.6 Å². The van der Waals surface area contributed by atoms with E-state index in [0.29, 0.717) is 17.3 Å². The molecule has 0 bridgehead atoms. The number of thioether (sulfide) groups is 1. The van der Waals surface area contributed by atoms with Gasteiger partial charge in [0.2, 0.25) is 0 Å². The number of carbonyl (C=O) groups is 1. The molecule has 2 unspecified atom stereocenters. The summed E-state index contributed by atoms with van der Waals surface area (Å²) in [6, 6.07) is 8.84. The van der Waals surface area contributed by atoms with E-state index in [-0.39, 0.29) is 5.91 Å². The second kappa shape index (κ2) is 6.08. The highest BCUT2D eigenvalue weighted by Crippen LogP contribution is 2.27. The zero-order valence-electron chi connectivity index (χ0n) is 11.9. The summed E-state index contributed by atoms with van der Waals surface area (Å²) < 4.78 is 0. The van der Waals surface area contributed by atoms with Crippen LogP contribution in [-0.4, -0.2) is 29.0 Å². The molecule has 108 valence electrons. The number of hydrogen-bond donors (Lipinski definition) is 2. The van der Waals surface area contributed by atoms with Crippen LogP contribution in [0.4, 0.5) is 5.69 Å². The van der Waals surface area contributed by atoms with Gasteiger partial charge >= 0.3 is 0 Å². The molecule has 1 aromatic rings. The SMILES string of the molecule is CC1SCCCC1Nc1ccc(C(=O)NC2CC2)cc1. The zero-order valence-corrected chi connectivity index (χ0v) is 12.7. The molecule has 3 nitrogen and oxygen atoms in total. The van der Waals surface area contributed by atoms with Crippen molar-refractivity contribution in [3.63, 3.8) is 0 Å². The number of hydrogen-bond acceptors (Lipinski definition) is 3. The van der Waals surface area contributed by atoms with E-state index in [1.54, 1.807) is 0 Å². The predicted octanol–water partition coefficient (Wildman–Crippen LogP) is 3.27. The Balaban J connectivity index is 1.58. The van der Waals surface area contributed by atoms with Crippen molar-refractivity contribution in [2.75, 3.05) is 11.1 Å². The summed E-state index contributed by atoms with van der Waals surface area (Å²) >= 11 is 2.04. The molecule has 0 spiro atoms. The Labute approximate surface area is 124 Å². The Kier molecular flexibility index (Phi) is 4.20. The van der Waals surface area contributed by atoms with Crippen LogP contribution in [0.2, 0.25) is 0 Å². The van der Waals surface area contributed by atoms with Gasteiger partial charge in [-0.1, -0.05) is 6.92 Å². The maximum atomic E-state index is 11.9. The fraction of sp³-hybridized carbons (Fsp3) is 0.562. The number of rotatable bonds is 4. The van der Waals surface area contributed by atoms with Gasteiger partial charge in [0.05, 0.1) is 0 Å². The Bertz CT molecular complexity index is 470. The van der Waals surface area contributed by atoms with Crippen molar-refractivity contribution in [3.05, 3.63) is 29.8 Å². The van der Waals surface area contributed by atoms with Crippen LogP contribution in [-0.2, 0) is 0 Å². The minimum Gasteiger partial charge on any atom is -0.381 e. The van der Waals surface area contributed by atoms with Crippen LogP contribution in [0.3, 0.4) is 0 Å². The monoisotopic (exact) mass is 290 g/mol. The second-order valence-corrected chi connectivity index (χ2v) is 7.28. The largest absolute Gasteiger partial charge is 0.381 e. The van der Waals surface area contributed by atoms with Crippen LogP contribution in [0.25, 0.3) is 0 Å². The normalized spacial score (nSPS) is 26.1. The molecular formula is C16H22N2OS. The average molecular weight is 290 g/mol. The van der Waals surface area contributed by atoms with Crippen LogP contribution < -0.4 is 10.6 Å². The highest BCUT2D eigenvalue weighted by Gasteiger charge is 2.24. The van der Waals surface area contributed by atoms with E-state index in [0.717, 1.165) is 24.1 Å². The van der Waals surface area contributed by atoms with Crippen molar-refractivity contribution in [3.8, 4) is 0 Å². The molecule has 1 saturated carbocycles. The molecule has 2 fully saturated rings. The third-order valence-corrected chi connectivity index (χ3v) is 5.40. The van der Waals surface area contributed by atoms with Gasteiger partial charge in [-0.25, -0.2) is 0 Å². The van der Waals surface area contributed by atoms with Gasteiger partial charge in [0.1, 0.15) is 0 Å². The average Bonchev–Trinajstić information content (AvgIpc) is 3.26. The highest BCUT2D eigenvalue weighted by atomic mass is 32.2. The molecule has 0 radical (unpaired) electrons. The maximum Gasteiger partial charge on any atom is 0.251 e. The summed E-state index contributed by atoms with van der Waals surface area (Å²) in [5.41, 5.74) is 1.88. The van der Waals surface area contributed by atoms with Gasteiger partial charge in [0.25, 0.3) is 5.91 Å². The van der Waals surface area contributed by atoms with E-state index in [1.165, 1.54) is 18.6 Å². The molecule has 1 heterocycles. The standard InChI is InChI=1S/C16H22N2OS/c1-11-15(3-2-10-20-11)17-13-6-4-12(5-7-13)16(19)18-14-8-9-14/h4-7,11,14-15,17H,2-3,8-10H2,1H3,(H,18,19). The van der Waals surface area contributed by atoms with Crippen LogP contribution in [0.5, 0.6) is 0 Å². The summed E-state index contributed by atoms with van der Waals surface area (Å²) in [6.07, 6.45) is 4.78. The first-order valence-electron chi connectivity index (χ1n) is 7.51. The fourth-order valence-corrected chi connectivity index (χ4v) is 3.68. The number of nitrogens with one attached hydrogen (secondary N) is 2. The third kappa shape index (κ3) is 3.48. The summed E-state index contributed by atoms with van der Waals surface area (Å²) in [6.45, 7) is 2.29. The van der Waals surface area contributed by atoms with Crippen molar-refractivity contribution < 1.29 is 4.79 Å². The van der Waals surface area contributed by atoms with Crippen LogP contribution in [0, 0.1) is 0 Å². The topological polar surface area (TPSA) is 41.1 Å². The Morgan fingerprint density at radius 2 is 1.95 bits per heavy atom. The van der Waals surface area contributed by atoms with Gasteiger partial charge in [-0.3, -0.25) is 4.79 Å². The first-order valence-corrected chi connectivity index (χ1v) is 8.56. The predicted molar refractivity (Wildman–Crippen MR) is 85.5 cm³/mol. The molecular weight excluding hydrogens is 268 g/mol. The zero-order chi connectivity index (χ0) is 13.9. The molecule has 4 heteroatoms. The van der Waals surface area contributed by atoms with E-state index in [2.05, 4.69) is 17.6 Å². The first kappa shape index (κ1) is 13.8. The molecule has 1 saturated heterocycles. The van der Waals surface area contributed by atoms with E-state index in [9.17, 15) is 4.79 Å². The lowest BCUT2D eigenvalue weighted by Gasteiger charge is -2.30. The van der Waals surface area contributed by atoms with Gasteiger partial charge in [-0.05, 0) is 55.7 Å². The molecule has 2 atom stereocenters. The Hall–Kier alpha value is -1.16.